The highest BCUT2D eigenvalue weighted by Crippen LogP contribution is 2.23. The smallest absolute Gasteiger partial charge is 0.338 e. The van der Waals surface area contributed by atoms with Gasteiger partial charge in [-0.15, -0.1) is 0 Å². The largest absolute Gasteiger partial charge is 0.480 e. The Morgan fingerprint density at radius 3 is 2.48 bits per heavy atom. The summed E-state index contributed by atoms with van der Waals surface area (Å²) in [4.78, 5) is 23.5. The molecule has 0 aliphatic rings. The number of hydrogen-bond acceptors (Lipinski definition) is 4. The zero-order chi connectivity index (χ0) is 18.2. The van der Waals surface area contributed by atoms with Crippen molar-refractivity contribution in [3.63, 3.8) is 0 Å². The Hall–Kier alpha value is -2.47. The molecule has 25 heavy (non-hydrogen) atoms. The molecule has 0 aliphatic carbocycles. The van der Waals surface area contributed by atoms with Crippen molar-refractivity contribution in [1.82, 2.24) is 0 Å². The van der Waals surface area contributed by atoms with Crippen LogP contribution in [-0.2, 0) is 26.1 Å². The van der Waals surface area contributed by atoms with Crippen molar-refractivity contribution in [2.75, 3.05) is 6.61 Å². The lowest BCUT2D eigenvalue weighted by Gasteiger charge is -2.13. The van der Waals surface area contributed by atoms with Crippen molar-refractivity contribution in [3.05, 3.63) is 71.3 Å². The van der Waals surface area contributed by atoms with Gasteiger partial charge in [-0.25, -0.2) is 4.79 Å². The second-order valence-corrected chi connectivity index (χ2v) is 7.01. The molecule has 0 radical (unpaired) electrons. The highest BCUT2D eigenvalue weighted by molar-refractivity contribution is 7.85. The third-order valence-electron chi connectivity index (χ3n) is 3.50. The summed E-state index contributed by atoms with van der Waals surface area (Å²) in [5, 5.41) is 8.33. The number of carbonyl (C=O) groups is 2. The number of aliphatic carboxylic acids is 1. The van der Waals surface area contributed by atoms with Crippen molar-refractivity contribution in [3.8, 4) is 0 Å². The Morgan fingerprint density at radius 2 is 1.84 bits per heavy atom. The second kappa shape index (κ2) is 9.13. The van der Waals surface area contributed by atoms with Crippen molar-refractivity contribution < 1.29 is 23.6 Å². The summed E-state index contributed by atoms with van der Waals surface area (Å²) in [5.41, 5.74) is 1.49. The third-order valence-corrected chi connectivity index (χ3v) is 5.12. The predicted octanol–water partition coefficient (Wildman–Crippen LogP) is 3.33. The summed E-state index contributed by atoms with van der Waals surface area (Å²) in [6.45, 7) is 2.24. The number of carbonyl (C=O) groups excluding carboxylic acids is 1. The van der Waals surface area contributed by atoms with Gasteiger partial charge in [-0.1, -0.05) is 49.4 Å². The first-order valence-corrected chi connectivity index (χ1v) is 9.32. The Labute approximate surface area is 149 Å². The Kier molecular flexibility index (Phi) is 6.89. The van der Waals surface area contributed by atoms with E-state index in [9.17, 15) is 18.9 Å². The predicted molar refractivity (Wildman–Crippen MR) is 95.7 cm³/mol. The minimum Gasteiger partial charge on any atom is -0.480 e. The van der Waals surface area contributed by atoms with Crippen LogP contribution in [0.5, 0.6) is 0 Å². The number of carboxylic acids is 1. The molecule has 0 saturated carbocycles. The first-order valence-electron chi connectivity index (χ1n) is 7.94. The van der Waals surface area contributed by atoms with Crippen molar-refractivity contribution in [2.24, 2.45) is 0 Å². The van der Waals surface area contributed by atoms with Crippen LogP contribution in [0.4, 0.5) is 0 Å². The van der Waals surface area contributed by atoms with E-state index in [1.165, 1.54) is 0 Å². The highest BCUT2D eigenvalue weighted by Gasteiger charge is 2.26. The Bertz CT molecular complexity index is 757. The SMILES string of the molecule is CCCOC(=O)c1cccc(CS(=O)C(C(=O)O)c2ccccc2)c1. The summed E-state index contributed by atoms with van der Waals surface area (Å²) in [5.74, 6) is -1.53. The molecule has 0 saturated heterocycles. The van der Waals surface area contributed by atoms with Crippen molar-refractivity contribution in [2.45, 2.75) is 24.3 Å². The van der Waals surface area contributed by atoms with Gasteiger partial charge in [0.15, 0.2) is 5.25 Å². The van der Waals surface area contributed by atoms with Crippen LogP contribution >= 0.6 is 0 Å². The average Bonchev–Trinajstić information content (AvgIpc) is 2.60. The van der Waals surface area contributed by atoms with Crippen molar-refractivity contribution >= 4 is 22.7 Å². The first kappa shape index (κ1) is 18.9. The van der Waals surface area contributed by atoms with E-state index < -0.39 is 28.0 Å². The molecule has 2 aromatic rings. The normalized spacial score (nSPS) is 13.0. The lowest BCUT2D eigenvalue weighted by Crippen LogP contribution is -2.18. The minimum absolute atomic E-state index is 0.0424. The quantitative estimate of drug-likeness (QED) is 0.730. The molecule has 5 nitrogen and oxygen atoms in total. The van der Waals surface area contributed by atoms with E-state index in [0.717, 1.165) is 6.42 Å². The zero-order valence-electron chi connectivity index (χ0n) is 13.9. The molecule has 0 spiro atoms. The summed E-state index contributed by atoms with van der Waals surface area (Å²) >= 11 is 0. The Morgan fingerprint density at radius 1 is 1.12 bits per heavy atom. The van der Waals surface area contributed by atoms with Gasteiger partial charge in [0.05, 0.1) is 12.2 Å². The molecule has 2 atom stereocenters. The summed E-state index contributed by atoms with van der Waals surface area (Å²) in [6.07, 6.45) is 0.729. The maximum Gasteiger partial charge on any atom is 0.338 e. The molecule has 0 amide bonds. The molecular formula is C19H20O5S. The summed E-state index contributed by atoms with van der Waals surface area (Å²) in [6, 6.07) is 15.1. The lowest BCUT2D eigenvalue weighted by molar-refractivity contribution is -0.136. The topological polar surface area (TPSA) is 80.7 Å². The maximum atomic E-state index is 12.6. The number of esters is 1. The molecular weight excluding hydrogens is 340 g/mol. The maximum absolute atomic E-state index is 12.6. The van der Waals surface area contributed by atoms with Gasteiger partial charge >= 0.3 is 11.9 Å². The van der Waals surface area contributed by atoms with E-state index in [-0.39, 0.29) is 5.75 Å². The molecule has 0 bridgehead atoms. The van der Waals surface area contributed by atoms with Crippen LogP contribution in [0, 0.1) is 0 Å². The van der Waals surface area contributed by atoms with Crippen LogP contribution in [-0.4, -0.2) is 27.9 Å². The number of rotatable bonds is 8. The fourth-order valence-corrected chi connectivity index (χ4v) is 3.71. The minimum atomic E-state index is -1.67. The van der Waals surface area contributed by atoms with Gasteiger partial charge in [0.2, 0.25) is 0 Å². The van der Waals surface area contributed by atoms with Gasteiger partial charge in [0.1, 0.15) is 0 Å². The molecule has 0 aliphatic heterocycles. The molecule has 2 unspecified atom stereocenters. The summed E-state index contributed by atoms with van der Waals surface area (Å²) < 4.78 is 17.7. The number of hydrogen-bond donors (Lipinski definition) is 1. The van der Waals surface area contributed by atoms with E-state index >= 15 is 0 Å². The van der Waals surface area contributed by atoms with Gasteiger partial charge in [-0.2, -0.15) is 0 Å². The number of benzene rings is 2. The van der Waals surface area contributed by atoms with Gasteiger partial charge in [-0.05, 0) is 29.7 Å². The second-order valence-electron chi connectivity index (χ2n) is 5.49. The molecule has 0 fully saturated rings. The highest BCUT2D eigenvalue weighted by atomic mass is 32.2. The number of ether oxygens (including phenoxy) is 1. The van der Waals surface area contributed by atoms with E-state index in [0.29, 0.717) is 23.3 Å². The van der Waals surface area contributed by atoms with Crippen LogP contribution in [0.3, 0.4) is 0 Å². The van der Waals surface area contributed by atoms with Crippen LogP contribution in [0.15, 0.2) is 54.6 Å². The molecule has 132 valence electrons. The van der Waals surface area contributed by atoms with Gasteiger partial charge < -0.3 is 9.84 Å². The molecule has 6 heteroatoms. The first-order chi connectivity index (χ1) is 12.0. The molecule has 1 N–H and O–H groups in total. The van der Waals surface area contributed by atoms with Crippen molar-refractivity contribution in [1.29, 1.82) is 0 Å². The van der Waals surface area contributed by atoms with Crippen LogP contribution in [0.25, 0.3) is 0 Å². The third kappa shape index (κ3) is 5.26. The van der Waals surface area contributed by atoms with E-state index in [1.54, 1.807) is 54.6 Å². The monoisotopic (exact) mass is 360 g/mol. The standard InChI is InChI=1S/C19H20O5S/c1-2-11-24-19(22)16-10-6-7-14(12-16)13-25(23)17(18(20)21)15-8-4-3-5-9-15/h3-10,12,17H,2,11,13H2,1H3,(H,20,21). The average molecular weight is 360 g/mol. The molecule has 0 heterocycles. The lowest BCUT2D eigenvalue weighted by atomic mass is 10.1. The Balaban J connectivity index is 2.16. The molecule has 0 aromatic heterocycles. The van der Waals surface area contributed by atoms with Gasteiger partial charge in [0.25, 0.3) is 0 Å². The van der Waals surface area contributed by atoms with E-state index in [4.69, 9.17) is 4.74 Å². The zero-order valence-corrected chi connectivity index (χ0v) is 14.7. The fraction of sp³-hybridized carbons (Fsp3) is 0.263. The van der Waals surface area contributed by atoms with Crippen LogP contribution in [0.1, 0.15) is 40.1 Å². The summed E-state index contributed by atoms with van der Waals surface area (Å²) in [7, 11) is -1.67. The van der Waals surface area contributed by atoms with E-state index in [2.05, 4.69) is 0 Å². The van der Waals surface area contributed by atoms with Crippen LogP contribution < -0.4 is 0 Å². The fourth-order valence-electron chi connectivity index (χ4n) is 2.35. The van der Waals surface area contributed by atoms with Gasteiger partial charge in [-0.3, -0.25) is 9.00 Å². The van der Waals surface area contributed by atoms with E-state index in [1.807, 2.05) is 6.92 Å². The number of carboxylic acid groups (broad SMARTS) is 1. The van der Waals surface area contributed by atoms with Gasteiger partial charge in [0, 0.05) is 16.6 Å². The molecule has 2 rings (SSSR count). The molecule has 2 aromatic carbocycles. The van der Waals surface area contributed by atoms with Crippen LogP contribution in [0.2, 0.25) is 0 Å².